The highest BCUT2D eigenvalue weighted by Gasteiger charge is 2.33. The van der Waals surface area contributed by atoms with Gasteiger partial charge in [-0.25, -0.2) is 4.79 Å². The Balaban J connectivity index is 2.42. The van der Waals surface area contributed by atoms with Gasteiger partial charge in [-0.15, -0.1) is 5.06 Å². The number of ether oxygens (including phenoxy) is 2. The molecule has 1 unspecified atom stereocenters. The first-order valence-corrected chi connectivity index (χ1v) is 8.38. The lowest BCUT2D eigenvalue weighted by atomic mass is 9.96. The maximum Gasteiger partial charge on any atom is 0.333 e. The summed E-state index contributed by atoms with van der Waals surface area (Å²) < 4.78 is 11.3. The summed E-state index contributed by atoms with van der Waals surface area (Å²) in [6, 6.07) is 0. The number of methoxy groups -OCH3 is 1. The van der Waals surface area contributed by atoms with Gasteiger partial charge in [0.25, 0.3) is 11.8 Å². The van der Waals surface area contributed by atoms with Crippen molar-refractivity contribution in [1.29, 1.82) is 0 Å². The van der Waals surface area contributed by atoms with Crippen LogP contribution < -0.4 is 0 Å². The topological polar surface area (TPSA) is 82.1 Å². The second kappa shape index (κ2) is 8.58. The summed E-state index contributed by atoms with van der Waals surface area (Å²) in [5, 5.41) is 0.577. The van der Waals surface area contributed by atoms with E-state index in [0.717, 1.165) is 12.8 Å². The van der Waals surface area contributed by atoms with Gasteiger partial charge < -0.3 is 14.3 Å². The lowest BCUT2D eigenvalue weighted by molar-refractivity contribution is -0.198. The molecular formula is C17H29NO6. The molecule has 0 aromatic rings. The van der Waals surface area contributed by atoms with Gasteiger partial charge in [0.05, 0.1) is 24.2 Å². The number of hydroxylamine groups is 2. The SMILES string of the molecule is CCC(C)(CCC(=O)ON1C(=O)CCC1=O)OCCC(C)(C)OC. The summed E-state index contributed by atoms with van der Waals surface area (Å²) in [6.07, 6.45) is 2.19. The predicted molar refractivity (Wildman–Crippen MR) is 86.8 cm³/mol. The number of imide groups is 1. The predicted octanol–water partition coefficient (Wildman–Crippen LogP) is 2.37. The van der Waals surface area contributed by atoms with Gasteiger partial charge >= 0.3 is 5.97 Å². The molecule has 0 spiro atoms. The average Bonchev–Trinajstić information content (AvgIpc) is 2.85. The maximum absolute atomic E-state index is 11.9. The van der Waals surface area contributed by atoms with Crippen LogP contribution in [0.5, 0.6) is 0 Å². The van der Waals surface area contributed by atoms with Crippen LogP contribution in [0.25, 0.3) is 0 Å². The molecule has 0 aromatic carbocycles. The van der Waals surface area contributed by atoms with Crippen LogP contribution in [0.3, 0.4) is 0 Å². The molecule has 1 rings (SSSR count). The van der Waals surface area contributed by atoms with Crippen molar-refractivity contribution in [3.05, 3.63) is 0 Å². The number of hydrogen-bond donors (Lipinski definition) is 0. The van der Waals surface area contributed by atoms with Crippen LogP contribution in [-0.4, -0.2) is 47.8 Å². The van der Waals surface area contributed by atoms with E-state index < -0.39 is 23.4 Å². The quantitative estimate of drug-likeness (QED) is 0.566. The van der Waals surface area contributed by atoms with E-state index in [4.69, 9.17) is 14.3 Å². The number of nitrogens with zero attached hydrogens (tertiary/aromatic N) is 1. The third-order valence-electron chi connectivity index (χ3n) is 4.51. The Labute approximate surface area is 143 Å². The monoisotopic (exact) mass is 343 g/mol. The normalized spacial score (nSPS) is 18.0. The van der Waals surface area contributed by atoms with Crippen molar-refractivity contribution >= 4 is 17.8 Å². The van der Waals surface area contributed by atoms with Crippen molar-refractivity contribution in [2.45, 2.75) is 77.4 Å². The molecule has 24 heavy (non-hydrogen) atoms. The molecule has 1 aliphatic heterocycles. The van der Waals surface area contributed by atoms with Crippen LogP contribution in [0, 0.1) is 0 Å². The Hall–Kier alpha value is -1.47. The van der Waals surface area contributed by atoms with E-state index in [1.165, 1.54) is 0 Å². The summed E-state index contributed by atoms with van der Waals surface area (Å²) >= 11 is 0. The van der Waals surface area contributed by atoms with Crippen LogP contribution in [-0.2, 0) is 28.7 Å². The lowest BCUT2D eigenvalue weighted by Crippen LogP contribution is -2.35. The third kappa shape index (κ3) is 6.20. The molecule has 138 valence electrons. The fourth-order valence-corrected chi connectivity index (χ4v) is 2.17. The highest BCUT2D eigenvalue weighted by molar-refractivity contribution is 6.01. The smallest absolute Gasteiger partial charge is 0.333 e. The van der Waals surface area contributed by atoms with Gasteiger partial charge in [0.15, 0.2) is 0 Å². The molecular weight excluding hydrogens is 314 g/mol. The molecule has 0 N–H and O–H groups in total. The summed E-state index contributed by atoms with van der Waals surface area (Å²) in [6.45, 7) is 8.41. The summed E-state index contributed by atoms with van der Waals surface area (Å²) in [5.41, 5.74) is -0.730. The van der Waals surface area contributed by atoms with Crippen molar-refractivity contribution < 1.29 is 28.7 Å². The number of rotatable bonds is 10. The van der Waals surface area contributed by atoms with E-state index in [2.05, 4.69) is 0 Å². The highest BCUT2D eigenvalue weighted by Crippen LogP contribution is 2.24. The van der Waals surface area contributed by atoms with Gasteiger partial charge in [-0.3, -0.25) is 9.59 Å². The number of carbonyl (C=O) groups is 3. The molecule has 0 saturated carbocycles. The maximum atomic E-state index is 11.9. The van der Waals surface area contributed by atoms with E-state index in [1.54, 1.807) is 7.11 Å². The highest BCUT2D eigenvalue weighted by atomic mass is 16.7. The fraction of sp³-hybridized carbons (Fsp3) is 0.824. The van der Waals surface area contributed by atoms with Crippen LogP contribution in [0.4, 0.5) is 0 Å². The Morgan fingerprint density at radius 3 is 2.21 bits per heavy atom. The second-order valence-corrected chi connectivity index (χ2v) is 6.91. The number of amides is 2. The molecule has 1 fully saturated rings. The Morgan fingerprint density at radius 2 is 1.71 bits per heavy atom. The zero-order valence-electron chi connectivity index (χ0n) is 15.3. The minimum absolute atomic E-state index is 0.0784. The van der Waals surface area contributed by atoms with E-state index in [1.807, 2.05) is 27.7 Å². The molecule has 0 aromatic heterocycles. The second-order valence-electron chi connectivity index (χ2n) is 6.91. The van der Waals surface area contributed by atoms with Crippen molar-refractivity contribution in [2.24, 2.45) is 0 Å². The molecule has 7 heteroatoms. The first-order chi connectivity index (χ1) is 11.1. The largest absolute Gasteiger partial charge is 0.379 e. The van der Waals surface area contributed by atoms with E-state index in [0.29, 0.717) is 18.1 Å². The zero-order chi connectivity index (χ0) is 18.4. The fourth-order valence-electron chi connectivity index (χ4n) is 2.17. The van der Waals surface area contributed by atoms with Crippen LogP contribution >= 0.6 is 0 Å². The first kappa shape index (κ1) is 20.6. The van der Waals surface area contributed by atoms with E-state index in [-0.39, 0.29) is 24.9 Å². The average molecular weight is 343 g/mol. The Morgan fingerprint density at radius 1 is 1.12 bits per heavy atom. The molecule has 7 nitrogen and oxygen atoms in total. The lowest BCUT2D eigenvalue weighted by Gasteiger charge is -2.31. The Kier molecular flexibility index (Phi) is 7.35. The van der Waals surface area contributed by atoms with Gasteiger partial charge in [0.1, 0.15) is 0 Å². The molecule has 1 heterocycles. The summed E-state index contributed by atoms with van der Waals surface area (Å²) in [5.74, 6) is -1.53. The van der Waals surface area contributed by atoms with Crippen molar-refractivity contribution in [3.63, 3.8) is 0 Å². The van der Waals surface area contributed by atoms with Gasteiger partial charge in [0.2, 0.25) is 0 Å². The Bertz CT molecular complexity index is 460. The van der Waals surface area contributed by atoms with Gasteiger partial charge in [-0.05, 0) is 40.0 Å². The van der Waals surface area contributed by atoms with E-state index in [9.17, 15) is 14.4 Å². The van der Waals surface area contributed by atoms with Crippen LogP contribution in [0.1, 0.15) is 66.2 Å². The minimum Gasteiger partial charge on any atom is -0.379 e. The molecule has 1 aliphatic rings. The zero-order valence-corrected chi connectivity index (χ0v) is 15.3. The molecule has 0 aliphatic carbocycles. The van der Waals surface area contributed by atoms with Crippen LogP contribution in [0.2, 0.25) is 0 Å². The molecule has 1 atom stereocenters. The van der Waals surface area contributed by atoms with Gasteiger partial charge in [-0.1, -0.05) is 6.92 Å². The molecule has 2 amide bonds. The van der Waals surface area contributed by atoms with Crippen LogP contribution in [0.15, 0.2) is 0 Å². The third-order valence-corrected chi connectivity index (χ3v) is 4.51. The van der Waals surface area contributed by atoms with Gasteiger partial charge in [0, 0.05) is 20.0 Å². The summed E-state index contributed by atoms with van der Waals surface area (Å²) in [7, 11) is 1.66. The minimum atomic E-state index is -0.598. The first-order valence-electron chi connectivity index (χ1n) is 8.38. The molecule has 1 saturated heterocycles. The van der Waals surface area contributed by atoms with Crippen molar-refractivity contribution in [1.82, 2.24) is 5.06 Å². The molecule has 0 radical (unpaired) electrons. The van der Waals surface area contributed by atoms with Crippen molar-refractivity contribution in [3.8, 4) is 0 Å². The van der Waals surface area contributed by atoms with E-state index >= 15 is 0 Å². The summed E-state index contributed by atoms with van der Waals surface area (Å²) in [4.78, 5) is 39.6. The van der Waals surface area contributed by atoms with Gasteiger partial charge in [-0.2, -0.15) is 0 Å². The standard InChI is InChI=1S/C17H29NO6/c1-6-17(4,23-12-11-16(2,3)22-5)10-9-15(21)24-18-13(19)7-8-14(18)20/h6-12H2,1-5H3. The van der Waals surface area contributed by atoms with Crippen molar-refractivity contribution in [2.75, 3.05) is 13.7 Å². The number of hydrogen-bond acceptors (Lipinski definition) is 6. The molecule has 0 bridgehead atoms. The number of carbonyl (C=O) groups excluding carboxylic acids is 3.